The lowest BCUT2D eigenvalue weighted by Crippen LogP contribution is -2.53. The number of rotatable bonds is 5. The number of hydrogen-bond acceptors (Lipinski definition) is 7. The van der Waals surface area contributed by atoms with Gasteiger partial charge in [-0.3, -0.25) is 14.2 Å². The second kappa shape index (κ2) is 7.83. The molecule has 0 aromatic rings. The van der Waals surface area contributed by atoms with E-state index in [0.29, 0.717) is 11.5 Å². The Hall–Kier alpha value is -2.16. The molecule has 1 unspecified atom stereocenters. The first kappa shape index (κ1) is 22.5. The molecule has 3 heterocycles. The average Bonchev–Trinajstić information content (AvgIpc) is 3.15. The molecule has 0 aliphatic carbocycles. The van der Waals surface area contributed by atoms with E-state index in [0.717, 1.165) is 4.90 Å². The molecule has 3 N–H and O–H groups in total. The van der Waals surface area contributed by atoms with E-state index in [1.165, 1.54) is 4.90 Å². The SMILES string of the molecule is CC(C)(C)C1[C@H](ONC(=O)[C@@H]2CC[C@@H]3CN2C(=O)N3OS(=O)(=O)O)CCN1C(=O)O. The van der Waals surface area contributed by atoms with E-state index in [-0.39, 0.29) is 25.9 Å². The molecule has 0 aromatic heterocycles. The largest absolute Gasteiger partial charge is 0.465 e. The van der Waals surface area contributed by atoms with Gasteiger partial charge in [0.1, 0.15) is 12.1 Å². The minimum atomic E-state index is -4.87. The van der Waals surface area contributed by atoms with Crippen LogP contribution in [0.15, 0.2) is 0 Å². The van der Waals surface area contributed by atoms with E-state index in [1.54, 1.807) is 0 Å². The molecule has 3 rings (SSSR count). The summed E-state index contributed by atoms with van der Waals surface area (Å²) in [6.45, 7) is 5.98. The molecule has 0 spiro atoms. The summed E-state index contributed by atoms with van der Waals surface area (Å²) >= 11 is 0. The van der Waals surface area contributed by atoms with Crippen LogP contribution in [0.2, 0.25) is 0 Å². The van der Waals surface area contributed by atoms with Gasteiger partial charge in [0, 0.05) is 13.1 Å². The summed E-state index contributed by atoms with van der Waals surface area (Å²) in [4.78, 5) is 44.6. The summed E-state index contributed by atoms with van der Waals surface area (Å²) in [6.07, 6.45) is -0.690. The van der Waals surface area contributed by atoms with Crippen LogP contribution in [0.5, 0.6) is 0 Å². The predicted octanol–water partition coefficient (Wildman–Crippen LogP) is 0.204. The van der Waals surface area contributed by atoms with Crippen LogP contribution in [0.4, 0.5) is 9.59 Å². The summed E-state index contributed by atoms with van der Waals surface area (Å²) in [5.74, 6) is -0.600. The number of fused-ring (bicyclic) bond motifs is 2. The van der Waals surface area contributed by atoms with Gasteiger partial charge in [-0.15, -0.1) is 4.28 Å². The maximum Gasteiger partial charge on any atom is 0.418 e. The van der Waals surface area contributed by atoms with E-state index < -0.39 is 58.1 Å². The van der Waals surface area contributed by atoms with Crippen molar-refractivity contribution in [2.75, 3.05) is 13.1 Å². The molecule has 4 amide bonds. The summed E-state index contributed by atoms with van der Waals surface area (Å²) in [6, 6.07) is -2.83. The van der Waals surface area contributed by atoms with Crippen LogP contribution in [-0.2, 0) is 24.3 Å². The van der Waals surface area contributed by atoms with Gasteiger partial charge in [-0.25, -0.2) is 15.1 Å². The van der Waals surface area contributed by atoms with Crippen molar-refractivity contribution in [2.24, 2.45) is 5.41 Å². The second-order valence-corrected chi connectivity index (χ2v) is 9.71. The Morgan fingerprint density at radius 3 is 2.43 bits per heavy atom. The van der Waals surface area contributed by atoms with E-state index >= 15 is 0 Å². The number of nitrogens with one attached hydrogen (secondary N) is 1. The molecule has 2 bridgehead atoms. The lowest BCUT2D eigenvalue weighted by Gasteiger charge is -2.36. The number of amides is 4. The van der Waals surface area contributed by atoms with Gasteiger partial charge in [-0.1, -0.05) is 20.8 Å². The highest BCUT2D eigenvalue weighted by Crippen LogP contribution is 2.35. The minimum absolute atomic E-state index is 0.0628. The van der Waals surface area contributed by atoms with Gasteiger partial charge >= 0.3 is 22.5 Å². The molecule has 0 saturated carbocycles. The van der Waals surface area contributed by atoms with Crippen molar-refractivity contribution in [3.63, 3.8) is 0 Å². The highest BCUT2D eigenvalue weighted by molar-refractivity contribution is 7.80. The van der Waals surface area contributed by atoms with Gasteiger partial charge in [0.05, 0.1) is 12.1 Å². The number of hydroxylamine groups is 3. The average molecular weight is 450 g/mol. The fourth-order valence-corrected chi connectivity index (χ4v) is 4.82. The summed E-state index contributed by atoms with van der Waals surface area (Å²) < 4.78 is 35.1. The normalized spacial score (nSPS) is 29.5. The van der Waals surface area contributed by atoms with Crippen LogP contribution >= 0.6 is 0 Å². The van der Waals surface area contributed by atoms with Gasteiger partial charge in [0.15, 0.2) is 0 Å². The van der Waals surface area contributed by atoms with Gasteiger partial charge in [-0.2, -0.15) is 13.5 Å². The van der Waals surface area contributed by atoms with Crippen molar-refractivity contribution in [1.82, 2.24) is 20.3 Å². The molecule has 0 radical (unpaired) electrons. The summed E-state index contributed by atoms with van der Waals surface area (Å²) in [7, 11) is -4.87. The van der Waals surface area contributed by atoms with Gasteiger partial charge in [0.25, 0.3) is 5.91 Å². The highest BCUT2D eigenvalue weighted by atomic mass is 32.3. The zero-order valence-electron chi connectivity index (χ0n) is 16.8. The Balaban J connectivity index is 1.63. The van der Waals surface area contributed by atoms with E-state index in [1.807, 2.05) is 20.8 Å². The van der Waals surface area contributed by atoms with Crippen molar-refractivity contribution in [1.29, 1.82) is 0 Å². The van der Waals surface area contributed by atoms with E-state index in [4.69, 9.17) is 9.39 Å². The standard InChI is InChI=1S/C16H26N4O9S/c1-16(2,3)12-11(6-7-18(12)15(23)24)28-17-13(21)10-5-4-9-8-19(10)14(22)20(9)29-30(25,26)27/h9-12H,4-8H2,1-3H3,(H,17,21)(H,23,24)(H,25,26,27)/t9-,10+,11-,12?/m1/s1. The number of likely N-dealkylation sites (tertiary alicyclic amines) is 1. The van der Waals surface area contributed by atoms with Crippen molar-refractivity contribution in [3.05, 3.63) is 0 Å². The lowest BCUT2D eigenvalue weighted by molar-refractivity contribution is -0.146. The van der Waals surface area contributed by atoms with Crippen molar-refractivity contribution in [3.8, 4) is 0 Å². The predicted molar refractivity (Wildman–Crippen MR) is 99.0 cm³/mol. The Labute approximate surface area is 173 Å². The first-order chi connectivity index (χ1) is 13.8. The van der Waals surface area contributed by atoms with Crippen molar-refractivity contribution < 1.29 is 41.6 Å². The molecule has 13 nitrogen and oxygen atoms in total. The number of nitrogens with zero attached hydrogens (tertiary/aromatic N) is 3. The zero-order valence-corrected chi connectivity index (χ0v) is 17.7. The number of carboxylic acid groups (broad SMARTS) is 1. The van der Waals surface area contributed by atoms with Crippen molar-refractivity contribution in [2.45, 2.75) is 64.3 Å². The van der Waals surface area contributed by atoms with E-state index in [2.05, 4.69) is 9.76 Å². The fourth-order valence-electron chi connectivity index (χ4n) is 4.43. The molecule has 3 aliphatic heterocycles. The molecule has 170 valence electrons. The van der Waals surface area contributed by atoms with Crippen LogP contribution in [0.25, 0.3) is 0 Å². The maximum atomic E-state index is 12.7. The number of hydrogen-bond donors (Lipinski definition) is 3. The molecule has 4 atom stereocenters. The highest BCUT2D eigenvalue weighted by Gasteiger charge is 2.50. The molecule has 30 heavy (non-hydrogen) atoms. The van der Waals surface area contributed by atoms with Crippen LogP contribution in [0.1, 0.15) is 40.0 Å². The van der Waals surface area contributed by atoms with Crippen LogP contribution < -0.4 is 5.48 Å². The molecule has 0 aromatic carbocycles. The third-order valence-corrected chi connectivity index (χ3v) is 5.94. The smallest absolute Gasteiger partial charge is 0.418 e. The van der Waals surface area contributed by atoms with E-state index in [9.17, 15) is 27.9 Å². The minimum Gasteiger partial charge on any atom is -0.465 e. The lowest BCUT2D eigenvalue weighted by atomic mass is 9.84. The molecule has 14 heteroatoms. The molecular formula is C16H26N4O9S. The van der Waals surface area contributed by atoms with Gasteiger partial charge < -0.3 is 14.9 Å². The number of urea groups is 1. The van der Waals surface area contributed by atoms with Crippen LogP contribution in [-0.4, -0.2) is 88.3 Å². The number of piperidine rings is 1. The quantitative estimate of drug-likeness (QED) is 0.392. The van der Waals surface area contributed by atoms with Crippen LogP contribution in [0.3, 0.4) is 0 Å². The Kier molecular flexibility index (Phi) is 5.88. The number of carbonyl (C=O) groups excluding carboxylic acids is 2. The Bertz CT molecular complexity index is 827. The molecular weight excluding hydrogens is 424 g/mol. The first-order valence-corrected chi connectivity index (χ1v) is 10.9. The molecule has 3 aliphatic rings. The van der Waals surface area contributed by atoms with Gasteiger partial charge in [0.2, 0.25) is 0 Å². The molecule has 3 saturated heterocycles. The summed E-state index contributed by atoms with van der Waals surface area (Å²) in [5, 5.41) is 9.97. The monoisotopic (exact) mass is 450 g/mol. The number of carbonyl (C=O) groups is 3. The third kappa shape index (κ3) is 4.45. The molecule has 3 fully saturated rings. The topological polar surface area (TPSA) is 166 Å². The van der Waals surface area contributed by atoms with Gasteiger partial charge in [-0.05, 0) is 24.7 Å². The van der Waals surface area contributed by atoms with Crippen molar-refractivity contribution >= 4 is 28.4 Å². The fraction of sp³-hybridized carbons (Fsp3) is 0.812. The first-order valence-electron chi connectivity index (χ1n) is 9.51. The Morgan fingerprint density at radius 2 is 1.87 bits per heavy atom. The van der Waals surface area contributed by atoms with Crippen LogP contribution in [0, 0.1) is 5.41 Å². The third-order valence-electron chi connectivity index (χ3n) is 5.59. The second-order valence-electron chi connectivity index (χ2n) is 8.71. The maximum absolute atomic E-state index is 12.7. The zero-order chi connectivity index (χ0) is 22.4. The Morgan fingerprint density at radius 1 is 1.20 bits per heavy atom. The summed E-state index contributed by atoms with van der Waals surface area (Å²) in [5.41, 5.74) is 1.91.